The number of rotatable bonds is 2. The number of nitrogens with two attached hydrogens (primary N) is 1. The lowest BCUT2D eigenvalue weighted by Gasteiger charge is -2.16. The summed E-state index contributed by atoms with van der Waals surface area (Å²) in [5.41, 5.74) is 10.8. The third-order valence-corrected chi connectivity index (χ3v) is 3.64. The van der Waals surface area contributed by atoms with Crippen molar-refractivity contribution in [1.29, 1.82) is 0 Å². The van der Waals surface area contributed by atoms with Gasteiger partial charge in [-0.2, -0.15) is 0 Å². The highest BCUT2D eigenvalue weighted by atomic mass is 35.5. The quantitative estimate of drug-likeness (QED) is 0.836. The molecule has 1 aliphatic heterocycles. The van der Waals surface area contributed by atoms with Gasteiger partial charge in [0.15, 0.2) is 0 Å². The molecule has 2 aromatic carbocycles. The Morgan fingerprint density at radius 1 is 1.06 bits per heavy atom. The van der Waals surface area contributed by atoms with E-state index in [9.17, 15) is 0 Å². The number of hydrogen-bond donors (Lipinski definition) is 1. The van der Waals surface area contributed by atoms with Crippen molar-refractivity contribution >= 4 is 17.3 Å². The van der Waals surface area contributed by atoms with Crippen LogP contribution in [0.5, 0.6) is 0 Å². The van der Waals surface area contributed by atoms with E-state index >= 15 is 0 Å². The van der Waals surface area contributed by atoms with Gasteiger partial charge in [-0.3, -0.25) is 4.90 Å². The molecule has 3 rings (SSSR count). The summed E-state index contributed by atoms with van der Waals surface area (Å²) >= 11 is 5.91. The molecule has 2 nitrogen and oxygen atoms in total. The summed E-state index contributed by atoms with van der Waals surface area (Å²) in [6.07, 6.45) is 0. The van der Waals surface area contributed by atoms with Crippen LogP contribution < -0.4 is 5.73 Å². The second-order valence-electron chi connectivity index (χ2n) is 4.76. The predicted octanol–water partition coefficient (Wildman–Crippen LogP) is 3.44. The van der Waals surface area contributed by atoms with Crippen LogP contribution in [-0.4, -0.2) is 4.90 Å². The highest BCUT2D eigenvalue weighted by molar-refractivity contribution is 6.30. The van der Waals surface area contributed by atoms with Gasteiger partial charge in [-0.05, 0) is 28.8 Å². The van der Waals surface area contributed by atoms with E-state index in [0.29, 0.717) is 5.02 Å². The molecule has 0 bridgehead atoms. The molecule has 0 aliphatic carbocycles. The van der Waals surface area contributed by atoms with Gasteiger partial charge in [0.25, 0.3) is 0 Å². The van der Waals surface area contributed by atoms with Crippen LogP contribution in [0.3, 0.4) is 0 Å². The molecular formula is C15H15ClN2. The minimum absolute atomic E-state index is 0.695. The van der Waals surface area contributed by atoms with Crippen LogP contribution in [0.1, 0.15) is 16.7 Å². The molecule has 0 radical (unpaired) electrons. The fourth-order valence-corrected chi connectivity index (χ4v) is 2.65. The maximum absolute atomic E-state index is 5.99. The average Bonchev–Trinajstić information content (AvgIpc) is 2.75. The summed E-state index contributed by atoms with van der Waals surface area (Å²) in [4.78, 5) is 2.39. The number of hydrogen-bond acceptors (Lipinski definition) is 2. The van der Waals surface area contributed by atoms with Crippen LogP contribution in [0.4, 0.5) is 5.69 Å². The Morgan fingerprint density at radius 3 is 2.33 bits per heavy atom. The van der Waals surface area contributed by atoms with Crippen molar-refractivity contribution in [1.82, 2.24) is 4.90 Å². The SMILES string of the molecule is Nc1cc(Cl)ccc1CN1Cc2ccccc2C1. The Labute approximate surface area is 112 Å². The van der Waals surface area contributed by atoms with Crippen LogP contribution in [0.15, 0.2) is 42.5 Å². The molecule has 92 valence electrons. The lowest BCUT2D eigenvalue weighted by Crippen LogP contribution is -2.16. The van der Waals surface area contributed by atoms with Crippen molar-refractivity contribution in [3.05, 3.63) is 64.2 Å². The lowest BCUT2D eigenvalue weighted by molar-refractivity contribution is 0.276. The summed E-state index contributed by atoms with van der Waals surface area (Å²) < 4.78 is 0. The van der Waals surface area contributed by atoms with E-state index in [-0.39, 0.29) is 0 Å². The monoisotopic (exact) mass is 258 g/mol. The van der Waals surface area contributed by atoms with E-state index in [1.165, 1.54) is 11.1 Å². The van der Waals surface area contributed by atoms with Gasteiger partial charge in [0.2, 0.25) is 0 Å². The molecular weight excluding hydrogens is 244 g/mol. The van der Waals surface area contributed by atoms with E-state index in [1.807, 2.05) is 18.2 Å². The van der Waals surface area contributed by atoms with Gasteiger partial charge in [-0.15, -0.1) is 0 Å². The van der Waals surface area contributed by atoms with Crippen molar-refractivity contribution in [2.75, 3.05) is 5.73 Å². The summed E-state index contributed by atoms with van der Waals surface area (Å²) in [7, 11) is 0. The molecule has 1 heterocycles. The summed E-state index contributed by atoms with van der Waals surface area (Å²) in [6, 6.07) is 14.3. The highest BCUT2D eigenvalue weighted by Gasteiger charge is 2.18. The molecule has 0 unspecified atom stereocenters. The molecule has 0 amide bonds. The van der Waals surface area contributed by atoms with Crippen molar-refractivity contribution < 1.29 is 0 Å². The molecule has 3 heteroatoms. The number of halogens is 1. The van der Waals surface area contributed by atoms with Gasteiger partial charge in [0, 0.05) is 30.3 Å². The molecule has 0 saturated carbocycles. The van der Waals surface area contributed by atoms with Gasteiger partial charge in [-0.25, -0.2) is 0 Å². The Morgan fingerprint density at radius 2 is 1.72 bits per heavy atom. The predicted molar refractivity (Wildman–Crippen MR) is 75.3 cm³/mol. The summed E-state index contributed by atoms with van der Waals surface area (Å²) in [5, 5.41) is 0.695. The minimum atomic E-state index is 0.695. The maximum Gasteiger partial charge on any atom is 0.0426 e. The topological polar surface area (TPSA) is 29.3 Å². The Bertz CT molecular complexity index is 555. The largest absolute Gasteiger partial charge is 0.398 e. The Balaban J connectivity index is 1.76. The van der Waals surface area contributed by atoms with Crippen molar-refractivity contribution in [3.8, 4) is 0 Å². The average molecular weight is 259 g/mol. The van der Waals surface area contributed by atoms with Gasteiger partial charge >= 0.3 is 0 Å². The van der Waals surface area contributed by atoms with Gasteiger partial charge < -0.3 is 5.73 Å². The molecule has 2 aromatic rings. The van der Waals surface area contributed by atoms with Crippen molar-refractivity contribution in [2.24, 2.45) is 0 Å². The van der Waals surface area contributed by atoms with Crippen molar-refractivity contribution in [3.63, 3.8) is 0 Å². The fourth-order valence-electron chi connectivity index (χ4n) is 2.47. The van der Waals surface area contributed by atoms with Crippen LogP contribution in [-0.2, 0) is 19.6 Å². The first kappa shape index (κ1) is 11.6. The first-order valence-electron chi connectivity index (χ1n) is 6.05. The fraction of sp³-hybridized carbons (Fsp3) is 0.200. The molecule has 18 heavy (non-hydrogen) atoms. The van der Waals surface area contributed by atoms with E-state index in [4.69, 9.17) is 17.3 Å². The highest BCUT2D eigenvalue weighted by Crippen LogP contribution is 2.26. The molecule has 0 aromatic heterocycles. The Kier molecular flexibility index (Phi) is 2.98. The number of nitrogen functional groups attached to an aromatic ring is 1. The smallest absolute Gasteiger partial charge is 0.0426 e. The second-order valence-corrected chi connectivity index (χ2v) is 5.19. The number of fused-ring (bicyclic) bond motifs is 1. The van der Waals surface area contributed by atoms with Gasteiger partial charge in [0.05, 0.1) is 0 Å². The summed E-state index contributed by atoms with van der Waals surface area (Å²) in [5.74, 6) is 0. The van der Waals surface area contributed by atoms with Crippen LogP contribution in [0.25, 0.3) is 0 Å². The molecule has 2 N–H and O–H groups in total. The lowest BCUT2D eigenvalue weighted by atomic mass is 10.1. The van der Waals surface area contributed by atoms with Gasteiger partial charge in [0.1, 0.15) is 0 Å². The Hall–Kier alpha value is -1.51. The van der Waals surface area contributed by atoms with E-state index < -0.39 is 0 Å². The third-order valence-electron chi connectivity index (χ3n) is 3.41. The first-order chi connectivity index (χ1) is 8.72. The number of anilines is 1. The maximum atomic E-state index is 5.99. The van der Waals surface area contributed by atoms with E-state index in [0.717, 1.165) is 30.9 Å². The zero-order valence-electron chi connectivity index (χ0n) is 10.1. The molecule has 0 saturated heterocycles. The molecule has 0 fully saturated rings. The first-order valence-corrected chi connectivity index (χ1v) is 6.43. The zero-order valence-corrected chi connectivity index (χ0v) is 10.8. The van der Waals surface area contributed by atoms with E-state index in [2.05, 4.69) is 29.2 Å². The van der Waals surface area contributed by atoms with Gasteiger partial charge in [-0.1, -0.05) is 41.9 Å². The van der Waals surface area contributed by atoms with Crippen molar-refractivity contribution in [2.45, 2.75) is 19.6 Å². The number of benzene rings is 2. The van der Waals surface area contributed by atoms with Crippen LogP contribution in [0.2, 0.25) is 5.02 Å². The third kappa shape index (κ3) is 2.22. The summed E-state index contributed by atoms with van der Waals surface area (Å²) in [6.45, 7) is 2.87. The van der Waals surface area contributed by atoms with Crippen LogP contribution in [0, 0.1) is 0 Å². The minimum Gasteiger partial charge on any atom is -0.398 e. The van der Waals surface area contributed by atoms with E-state index in [1.54, 1.807) is 0 Å². The number of nitrogens with zero attached hydrogens (tertiary/aromatic N) is 1. The normalized spacial score (nSPS) is 14.7. The van der Waals surface area contributed by atoms with Crippen LogP contribution >= 0.6 is 11.6 Å². The zero-order chi connectivity index (χ0) is 12.5. The molecule has 1 aliphatic rings. The second kappa shape index (κ2) is 4.63. The molecule has 0 spiro atoms. The standard InChI is InChI=1S/C15H15ClN2/c16-14-6-5-13(15(17)7-14)10-18-8-11-3-1-2-4-12(11)9-18/h1-7H,8-10,17H2. The molecule has 0 atom stereocenters.